The molecule has 0 aromatic heterocycles. The molecule has 0 aliphatic heterocycles. The SMILES string of the molecule is CCCc1ccc(-c2ccc(C=CC(F)(F)Oc3ccc(F)c(F)c3)c(F)c2)cc1. The third-order valence-electron chi connectivity index (χ3n) is 4.43. The van der Waals surface area contributed by atoms with Crippen molar-refractivity contribution in [3.63, 3.8) is 0 Å². The summed E-state index contributed by atoms with van der Waals surface area (Å²) in [5.74, 6) is -3.71. The maximum absolute atomic E-state index is 14.4. The molecule has 0 saturated carbocycles. The number of hydrogen-bond acceptors (Lipinski definition) is 1. The lowest BCUT2D eigenvalue weighted by Crippen LogP contribution is -2.21. The first-order valence-electron chi connectivity index (χ1n) is 9.37. The van der Waals surface area contributed by atoms with Gasteiger partial charge in [-0.2, -0.15) is 8.78 Å². The molecule has 3 rings (SSSR count). The first-order valence-corrected chi connectivity index (χ1v) is 9.37. The van der Waals surface area contributed by atoms with Crippen LogP contribution in [0, 0.1) is 17.5 Å². The third kappa shape index (κ3) is 5.47. The molecule has 0 atom stereocenters. The van der Waals surface area contributed by atoms with Crippen molar-refractivity contribution in [1.82, 2.24) is 0 Å². The van der Waals surface area contributed by atoms with Crippen LogP contribution in [0.2, 0.25) is 0 Å². The number of rotatable bonds is 7. The third-order valence-corrected chi connectivity index (χ3v) is 4.43. The topological polar surface area (TPSA) is 9.23 Å². The summed E-state index contributed by atoms with van der Waals surface area (Å²) in [5.41, 5.74) is 2.56. The van der Waals surface area contributed by atoms with E-state index in [-0.39, 0.29) is 5.56 Å². The highest BCUT2D eigenvalue weighted by Crippen LogP contribution is 2.27. The van der Waals surface area contributed by atoms with Crippen LogP contribution in [0.1, 0.15) is 24.5 Å². The van der Waals surface area contributed by atoms with E-state index in [1.54, 1.807) is 6.07 Å². The van der Waals surface area contributed by atoms with Crippen LogP contribution < -0.4 is 4.74 Å². The fourth-order valence-electron chi connectivity index (χ4n) is 2.91. The second-order valence-electron chi connectivity index (χ2n) is 6.76. The summed E-state index contributed by atoms with van der Waals surface area (Å²) in [6, 6.07) is 14.1. The number of ether oxygens (including phenoxy) is 1. The van der Waals surface area contributed by atoms with Crippen LogP contribution >= 0.6 is 0 Å². The van der Waals surface area contributed by atoms with E-state index in [0.717, 1.165) is 30.5 Å². The highest BCUT2D eigenvalue weighted by Gasteiger charge is 2.28. The standard InChI is InChI=1S/C24H19F5O/c1-2-3-16-4-6-17(7-5-16)19-9-8-18(22(26)14-19)12-13-24(28,29)30-20-10-11-21(25)23(27)15-20/h4-15H,2-3H2,1H3. The molecule has 0 radical (unpaired) electrons. The van der Waals surface area contributed by atoms with Gasteiger partial charge in [0, 0.05) is 17.7 Å². The van der Waals surface area contributed by atoms with E-state index in [1.807, 2.05) is 24.3 Å². The molecule has 1 nitrogen and oxygen atoms in total. The van der Waals surface area contributed by atoms with E-state index in [0.29, 0.717) is 23.8 Å². The normalized spacial score (nSPS) is 11.8. The summed E-state index contributed by atoms with van der Waals surface area (Å²) < 4.78 is 72.7. The summed E-state index contributed by atoms with van der Waals surface area (Å²) in [6.45, 7) is 2.09. The average molecular weight is 418 g/mol. The molecular formula is C24H19F5O. The Labute approximate surface area is 171 Å². The summed E-state index contributed by atoms with van der Waals surface area (Å²) in [4.78, 5) is 0. The number of alkyl halides is 2. The van der Waals surface area contributed by atoms with Crippen molar-refractivity contribution in [1.29, 1.82) is 0 Å². The highest BCUT2D eigenvalue weighted by atomic mass is 19.3. The predicted octanol–water partition coefficient (Wildman–Crippen LogP) is 7.41. The van der Waals surface area contributed by atoms with Crippen molar-refractivity contribution in [3.8, 4) is 16.9 Å². The molecule has 0 heterocycles. The Balaban J connectivity index is 1.74. The zero-order chi connectivity index (χ0) is 21.7. The Kier molecular flexibility index (Phi) is 6.55. The summed E-state index contributed by atoms with van der Waals surface area (Å²) >= 11 is 0. The average Bonchev–Trinajstić information content (AvgIpc) is 2.70. The van der Waals surface area contributed by atoms with Crippen LogP contribution in [0.4, 0.5) is 22.0 Å². The van der Waals surface area contributed by atoms with Gasteiger partial charge >= 0.3 is 6.11 Å². The lowest BCUT2D eigenvalue weighted by Gasteiger charge is -2.14. The van der Waals surface area contributed by atoms with Crippen LogP contribution in [0.25, 0.3) is 17.2 Å². The van der Waals surface area contributed by atoms with Gasteiger partial charge in [-0.05, 0) is 47.4 Å². The van der Waals surface area contributed by atoms with E-state index in [2.05, 4.69) is 11.7 Å². The minimum Gasteiger partial charge on any atom is -0.429 e. The van der Waals surface area contributed by atoms with Crippen LogP contribution in [-0.4, -0.2) is 6.11 Å². The molecule has 0 bridgehead atoms. The van der Waals surface area contributed by atoms with E-state index < -0.39 is 29.3 Å². The van der Waals surface area contributed by atoms with Gasteiger partial charge in [-0.25, -0.2) is 13.2 Å². The van der Waals surface area contributed by atoms with Gasteiger partial charge in [0.25, 0.3) is 0 Å². The summed E-state index contributed by atoms with van der Waals surface area (Å²) in [7, 11) is 0. The molecule has 0 aliphatic rings. The largest absolute Gasteiger partial charge is 0.429 e. The first-order chi connectivity index (χ1) is 14.3. The number of halogens is 5. The molecule has 3 aromatic carbocycles. The van der Waals surface area contributed by atoms with Gasteiger partial charge in [0.15, 0.2) is 11.6 Å². The maximum Gasteiger partial charge on any atom is 0.419 e. The van der Waals surface area contributed by atoms with Gasteiger partial charge in [-0.1, -0.05) is 49.7 Å². The molecule has 0 unspecified atom stereocenters. The number of hydrogen-bond donors (Lipinski definition) is 0. The second kappa shape index (κ2) is 9.11. The molecule has 0 aliphatic carbocycles. The van der Waals surface area contributed by atoms with Gasteiger partial charge in [-0.3, -0.25) is 0 Å². The molecule has 3 aromatic rings. The maximum atomic E-state index is 14.4. The fourth-order valence-corrected chi connectivity index (χ4v) is 2.91. The van der Waals surface area contributed by atoms with Gasteiger partial charge in [0.05, 0.1) is 0 Å². The zero-order valence-corrected chi connectivity index (χ0v) is 16.1. The number of aryl methyl sites for hydroxylation is 1. The van der Waals surface area contributed by atoms with Crippen molar-refractivity contribution >= 4 is 6.08 Å². The van der Waals surface area contributed by atoms with Crippen LogP contribution in [-0.2, 0) is 6.42 Å². The van der Waals surface area contributed by atoms with Crippen molar-refractivity contribution in [2.45, 2.75) is 25.9 Å². The Morgan fingerprint density at radius 2 is 1.50 bits per heavy atom. The quantitative estimate of drug-likeness (QED) is 0.363. The molecule has 0 spiro atoms. The Morgan fingerprint density at radius 1 is 0.800 bits per heavy atom. The van der Waals surface area contributed by atoms with E-state index in [4.69, 9.17) is 0 Å². The number of benzene rings is 3. The molecule has 0 saturated heterocycles. The molecular weight excluding hydrogens is 399 g/mol. The Morgan fingerprint density at radius 3 is 2.13 bits per heavy atom. The molecule has 6 heteroatoms. The van der Waals surface area contributed by atoms with E-state index in [9.17, 15) is 22.0 Å². The predicted molar refractivity (Wildman–Crippen MR) is 107 cm³/mol. The van der Waals surface area contributed by atoms with Crippen molar-refractivity contribution in [2.24, 2.45) is 0 Å². The molecule has 0 N–H and O–H groups in total. The molecule has 30 heavy (non-hydrogen) atoms. The smallest absolute Gasteiger partial charge is 0.419 e. The minimum atomic E-state index is -3.84. The Hall–Kier alpha value is -3.15. The van der Waals surface area contributed by atoms with Crippen molar-refractivity contribution < 1.29 is 26.7 Å². The summed E-state index contributed by atoms with van der Waals surface area (Å²) in [5, 5.41) is 0. The van der Waals surface area contributed by atoms with Gasteiger partial charge in [0.1, 0.15) is 11.6 Å². The Bertz CT molecular complexity index is 1040. The molecule has 0 fully saturated rings. The van der Waals surface area contributed by atoms with Crippen molar-refractivity contribution in [2.75, 3.05) is 0 Å². The van der Waals surface area contributed by atoms with E-state index in [1.165, 1.54) is 17.7 Å². The van der Waals surface area contributed by atoms with Crippen LogP contribution in [0.3, 0.4) is 0 Å². The van der Waals surface area contributed by atoms with Crippen molar-refractivity contribution in [3.05, 3.63) is 95.3 Å². The lowest BCUT2D eigenvalue weighted by atomic mass is 10.0. The van der Waals surface area contributed by atoms with Crippen LogP contribution in [0.5, 0.6) is 5.75 Å². The molecule has 0 amide bonds. The molecule has 156 valence electrons. The van der Waals surface area contributed by atoms with E-state index >= 15 is 0 Å². The second-order valence-corrected chi connectivity index (χ2v) is 6.76. The first kappa shape index (κ1) is 21.6. The summed E-state index contributed by atoms with van der Waals surface area (Å²) in [6.07, 6.45) is -0.627. The van der Waals surface area contributed by atoms with Gasteiger partial charge in [0.2, 0.25) is 0 Å². The lowest BCUT2D eigenvalue weighted by molar-refractivity contribution is -0.131. The highest BCUT2D eigenvalue weighted by molar-refractivity contribution is 5.66. The van der Waals surface area contributed by atoms with Gasteiger partial charge in [-0.15, -0.1) is 0 Å². The van der Waals surface area contributed by atoms with Gasteiger partial charge < -0.3 is 4.74 Å². The fraction of sp³-hybridized carbons (Fsp3) is 0.167. The van der Waals surface area contributed by atoms with Crippen LogP contribution in [0.15, 0.2) is 66.7 Å². The monoisotopic (exact) mass is 418 g/mol. The zero-order valence-electron chi connectivity index (χ0n) is 16.1. The minimum absolute atomic E-state index is 0.0603.